The molecule has 2 aromatic rings. The van der Waals surface area contributed by atoms with Crippen molar-refractivity contribution in [1.29, 1.82) is 0 Å². The lowest BCUT2D eigenvalue weighted by Crippen LogP contribution is -2.56. The van der Waals surface area contributed by atoms with Crippen LogP contribution in [-0.4, -0.2) is 124 Å². The van der Waals surface area contributed by atoms with Gasteiger partial charge in [-0.05, 0) is 42.7 Å². The molecule has 238 valence electrons. The highest BCUT2D eigenvalue weighted by Gasteiger charge is 2.43. The number of hydrogen-bond donors (Lipinski definition) is 11. The van der Waals surface area contributed by atoms with Crippen molar-refractivity contribution in [3.63, 3.8) is 0 Å². The maximum atomic E-state index is 12.5. The van der Waals surface area contributed by atoms with Gasteiger partial charge >= 0.3 is 5.97 Å². The molecule has 16 nitrogen and oxygen atoms in total. The van der Waals surface area contributed by atoms with Gasteiger partial charge in [-0.25, -0.2) is 4.79 Å². The Hall–Kier alpha value is -3.61. The lowest BCUT2D eigenvalue weighted by atomic mass is 9.83. The fraction of sp³-hybridized carbons (Fsp3) is 0.519. The molecule has 1 heterocycles. The Bertz CT molecular complexity index is 1230. The molecule has 1 saturated heterocycles. The van der Waals surface area contributed by atoms with Crippen LogP contribution < -0.4 is 0 Å². The number of phenolic OH excluding ortho intramolecular Hbond substituents is 6. The Labute approximate surface area is 243 Å². The van der Waals surface area contributed by atoms with Gasteiger partial charge in [0.05, 0.1) is 37.6 Å². The summed E-state index contributed by atoms with van der Waals surface area (Å²) in [6.45, 7) is -1.09. The monoisotopic (exact) mass is 614 g/mol. The number of benzene rings is 2. The summed E-state index contributed by atoms with van der Waals surface area (Å²) in [5.41, 5.74) is -0.125. The minimum atomic E-state index is -1.67. The number of carbonyl (C=O) groups is 1. The van der Waals surface area contributed by atoms with Crippen LogP contribution in [0.25, 0.3) is 0 Å². The van der Waals surface area contributed by atoms with Crippen molar-refractivity contribution in [2.75, 3.05) is 13.2 Å². The second-order valence-corrected chi connectivity index (χ2v) is 10.5. The molecule has 7 unspecified atom stereocenters. The van der Waals surface area contributed by atoms with E-state index < -0.39 is 109 Å². The first-order chi connectivity index (χ1) is 20.3. The molecule has 0 amide bonds. The van der Waals surface area contributed by atoms with Crippen molar-refractivity contribution in [3.8, 4) is 34.5 Å². The fourth-order valence-electron chi connectivity index (χ4n) is 4.94. The number of carbonyl (C=O) groups excluding carboxylic acids is 1. The van der Waals surface area contributed by atoms with Gasteiger partial charge in [0.2, 0.25) is 0 Å². The van der Waals surface area contributed by atoms with Gasteiger partial charge in [-0.1, -0.05) is 0 Å². The molecule has 0 radical (unpaired) electrons. The molecule has 0 aromatic heterocycles. The SMILES string of the molecule is O=C(OC1COC(COC(OCc2cc(O)c(O)c(O)c2)C2CC(O)C(O)C(O)C2)C(O)C1O)c1cc(O)c(O)c(O)c1. The molecule has 2 aromatic carbocycles. The number of ether oxygens (including phenoxy) is 4. The maximum Gasteiger partial charge on any atom is 0.338 e. The number of phenols is 6. The minimum absolute atomic E-state index is 0.0495. The van der Waals surface area contributed by atoms with Gasteiger partial charge in [-0.3, -0.25) is 0 Å². The van der Waals surface area contributed by atoms with Crippen LogP contribution >= 0.6 is 0 Å². The number of aliphatic hydroxyl groups is 5. The van der Waals surface area contributed by atoms with E-state index in [2.05, 4.69) is 0 Å². The first kappa shape index (κ1) is 32.3. The van der Waals surface area contributed by atoms with Crippen LogP contribution in [0.15, 0.2) is 24.3 Å². The van der Waals surface area contributed by atoms with Gasteiger partial charge in [0.25, 0.3) is 0 Å². The van der Waals surface area contributed by atoms with Crippen LogP contribution in [0.4, 0.5) is 0 Å². The predicted octanol–water partition coefficient (Wildman–Crippen LogP) is -1.38. The van der Waals surface area contributed by atoms with Crippen molar-refractivity contribution in [2.45, 2.75) is 68.5 Å². The highest BCUT2D eigenvalue weighted by molar-refractivity contribution is 5.91. The second-order valence-electron chi connectivity index (χ2n) is 10.5. The zero-order chi connectivity index (χ0) is 31.6. The Balaban J connectivity index is 1.40. The standard InChI is InChI=1S/C27H34O16/c28-13-1-10(2-14(29)21(13)34)7-41-27(12-5-17(32)23(36)18(33)6-12)42-8-19-24(37)25(38)20(9-40-19)43-26(39)11-3-15(30)22(35)16(31)4-11/h1-4,12,17-20,23-25,27-38H,5-9H2. The van der Waals surface area contributed by atoms with Crippen LogP contribution in [0, 0.1) is 5.92 Å². The van der Waals surface area contributed by atoms with Crippen LogP contribution in [0.5, 0.6) is 34.5 Å². The summed E-state index contributed by atoms with van der Waals surface area (Å²) in [6, 6.07) is 3.93. The average molecular weight is 615 g/mol. The molecule has 2 aliphatic rings. The number of aromatic hydroxyl groups is 6. The molecule has 1 saturated carbocycles. The third-order valence-corrected chi connectivity index (χ3v) is 7.38. The molecule has 4 rings (SSSR count). The normalized spacial score (nSPS) is 30.1. The van der Waals surface area contributed by atoms with Crippen molar-refractivity contribution >= 4 is 5.97 Å². The lowest BCUT2D eigenvalue weighted by molar-refractivity contribution is -0.245. The van der Waals surface area contributed by atoms with Crippen molar-refractivity contribution in [2.24, 2.45) is 5.92 Å². The Morgan fingerprint density at radius 3 is 1.86 bits per heavy atom. The van der Waals surface area contributed by atoms with E-state index in [1.54, 1.807) is 0 Å². The molecule has 43 heavy (non-hydrogen) atoms. The summed E-state index contributed by atoms with van der Waals surface area (Å²) in [4.78, 5) is 12.5. The third kappa shape index (κ3) is 7.31. The summed E-state index contributed by atoms with van der Waals surface area (Å²) in [5.74, 6) is -6.14. The van der Waals surface area contributed by atoms with E-state index in [-0.39, 0.29) is 30.6 Å². The Kier molecular flexibility index (Phi) is 10.0. The molecular weight excluding hydrogens is 580 g/mol. The van der Waals surface area contributed by atoms with E-state index in [0.29, 0.717) is 0 Å². The van der Waals surface area contributed by atoms with Crippen LogP contribution in [0.2, 0.25) is 0 Å². The van der Waals surface area contributed by atoms with E-state index in [1.807, 2.05) is 0 Å². The first-order valence-corrected chi connectivity index (χ1v) is 13.2. The third-order valence-electron chi connectivity index (χ3n) is 7.38. The number of aliphatic hydroxyl groups excluding tert-OH is 5. The molecule has 0 bridgehead atoms. The zero-order valence-corrected chi connectivity index (χ0v) is 22.5. The van der Waals surface area contributed by atoms with Gasteiger partial charge in [0.15, 0.2) is 46.9 Å². The van der Waals surface area contributed by atoms with Gasteiger partial charge < -0.3 is 75.1 Å². The highest BCUT2D eigenvalue weighted by atomic mass is 16.7. The molecule has 11 N–H and O–H groups in total. The van der Waals surface area contributed by atoms with Crippen molar-refractivity contribution in [1.82, 2.24) is 0 Å². The van der Waals surface area contributed by atoms with E-state index in [1.165, 1.54) is 0 Å². The van der Waals surface area contributed by atoms with E-state index in [0.717, 1.165) is 24.3 Å². The van der Waals surface area contributed by atoms with E-state index in [4.69, 9.17) is 18.9 Å². The van der Waals surface area contributed by atoms with Crippen LogP contribution in [0.1, 0.15) is 28.8 Å². The summed E-state index contributed by atoms with van der Waals surface area (Å²) in [7, 11) is 0. The van der Waals surface area contributed by atoms with Gasteiger partial charge in [0, 0.05) is 5.92 Å². The van der Waals surface area contributed by atoms with E-state index in [9.17, 15) is 61.0 Å². The molecular formula is C27H34O16. The first-order valence-electron chi connectivity index (χ1n) is 13.2. The fourth-order valence-corrected chi connectivity index (χ4v) is 4.94. The zero-order valence-electron chi connectivity index (χ0n) is 22.5. The number of rotatable bonds is 9. The topological polar surface area (TPSA) is 277 Å². The number of esters is 1. The van der Waals surface area contributed by atoms with E-state index >= 15 is 0 Å². The number of hydrogen-bond acceptors (Lipinski definition) is 16. The molecule has 2 fully saturated rings. The lowest BCUT2D eigenvalue weighted by Gasteiger charge is -2.40. The van der Waals surface area contributed by atoms with Crippen LogP contribution in [0.3, 0.4) is 0 Å². The summed E-state index contributed by atoms with van der Waals surface area (Å²) < 4.78 is 22.3. The summed E-state index contributed by atoms with van der Waals surface area (Å²) in [5, 5.41) is 109. The summed E-state index contributed by atoms with van der Waals surface area (Å²) in [6.07, 6.45) is -11.2. The molecule has 16 heteroatoms. The Morgan fingerprint density at radius 1 is 0.767 bits per heavy atom. The smallest absolute Gasteiger partial charge is 0.338 e. The molecule has 1 aliphatic carbocycles. The van der Waals surface area contributed by atoms with Gasteiger partial charge in [0.1, 0.15) is 24.4 Å². The van der Waals surface area contributed by atoms with Gasteiger partial charge in [-0.15, -0.1) is 0 Å². The van der Waals surface area contributed by atoms with Gasteiger partial charge in [-0.2, -0.15) is 0 Å². The summed E-state index contributed by atoms with van der Waals surface area (Å²) >= 11 is 0. The Morgan fingerprint density at radius 2 is 1.30 bits per heavy atom. The maximum absolute atomic E-state index is 12.5. The van der Waals surface area contributed by atoms with Crippen molar-refractivity contribution in [3.05, 3.63) is 35.4 Å². The molecule has 7 atom stereocenters. The molecule has 1 aliphatic heterocycles. The second kappa shape index (κ2) is 13.4. The highest BCUT2D eigenvalue weighted by Crippen LogP contribution is 2.37. The minimum Gasteiger partial charge on any atom is -0.504 e. The van der Waals surface area contributed by atoms with Crippen molar-refractivity contribution < 1.29 is 79.9 Å². The predicted molar refractivity (Wildman–Crippen MR) is 139 cm³/mol. The van der Waals surface area contributed by atoms with Crippen LogP contribution in [-0.2, 0) is 25.6 Å². The largest absolute Gasteiger partial charge is 0.504 e. The quantitative estimate of drug-likeness (QED) is 0.0882. The average Bonchev–Trinajstić information content (AvgIpc) is 2.96. The molecule has 0 spiro atoms.